The zero-order valence-electron chi connectivity index (χ0n) is 11.1. The maximum atomic E-state index is 11.8. The molecule has 0 saturated heterocycles. The fourth-order valence-electron chi connectivity index (χ4n) is 2.33. The first-order chi connectivity index (χ1) is 9.27. The summed E-state index contributed by atoms with van der Waals surface area (Å²) in [6.07, 6.45) is 8.04. The van der Waals surface area contributed by atoms with Crippen molar-refractivity contribution in [3.05, 3.63) is 23.9 Å². The normalized spacial score (nSPS) is 16.2. The predicted octanol–water partition coefficient (Wildman–Crippen LogP) is 1.74. The van der Waals surface area contributed by atoms with E-state index in [9.17, 15) is 4.79 Å². The molecule has 0 atom stereocenters. The van der Waals surface area contributed by atoms with Gasteiger partial charge in [-0.15, -0.1) is 0 Å². The first kappa shape index (κ1) is 13.8. The van der Waals surface area contributed by atoms with Crippen molar-refractivity contribution >= 4 is 11.7 Å². The van der Waals surface area contributed by atoms with Crippen molar-refractivity contribution in [2.24, 2.45) is 0 Å². The molecule has 1 heterocycles. The van der Waals surface area contributed by atoms with E-state index in [0.29, 0.717) is 24.8 Å². The monoisotopic (exact) mass is 263 g/mol. The molecule has 1 aromatic rings. The number of carbonyl (C=O) groups is 1. The molecule has 1 aliphatic carbocycles. The number of ether oxygens (including phenoxy) is 1. The average molecular weight is 263 g/mol. The fourth-order valence-corrected chi connectivity index (χ4v) is 2.33. The van der Waals surface area contributed by atoms with Crippen LogP contribution in [-0.2, 0) is 4.74 Å². The molecule has 0 aliphatic heterocycles. The van der Waals surface area contributed by atoms with Gasteiger partial charge in [-0.05, 0) is 25.0 Å². The van der Waals surface area contributed by atoms with Gasteiger partial charge in [0.2, 0.25) is 0 Å². The van der Waals surface area contributed by atoms with Crippen molar-refractivity contribution in [3.63, 3.8) is 0 Å². The van der Waals surface area contributed by atoms with E-state index in [1.807, 2.05) is 0 Å². The fraction of sp³-hybridized carbons (Fsp3) is 0.571. The van der Waals surface area contributed by atoms with Crippen molar-refractivity contribution < 1.29 is 9.53 Å². The number of pyridine rings is 1. The molecule has 19 heavy (non-hydrogen) atoms. The van der Waals surface area contributed by atoms with Crippen LogP contribution in [0.4, 0.5) is 5.82 Å². The Hall–Kier alpha value is -1.62. The number of hydrogen-bond donors (Lipinski definition) is 2. The summed E-state index contributed by atoms with van der Waals surface area (Å²) in [4.78, 5) is 15.7. The molecule has 0 unspecified atom stereocenters. The SMILES string of the molecule is Nc1ncccc1C(=O)NCCOC1CCCCC1. The Labute approximate surface area is 113 Å². The molecule has 104 valence electrons. The minimum absolute atomic E-state index is 0.196. The summed E-state index contributed by atoms with van der Waals surface area (Å²) in [6, 6.07) is 3.36. The number of nitrogens with zero attached hydrogens (tertiary/aromatic N) is 1. The first-order valence-corrected chi connectivity index (χ1v) is 6.87. The number of hydrogen-bond acceptors (Lipinski definition) is 4. The Morgan fingerprint density at radius 1 is 1.42 bits per heavy atom. The zero-order chi connectivity index (χ0) is 13.5. The molecule has 5 nitrogen and oxygen atoms in total. The van der Waals surface area contributed by atoms with Crippen LogP contribution in [0.1, 0.15) is 42.5 Å². The molecule has 1 fully saturated rings. The number of anilines is 1. The van der Waals surface area contributed by atoms with E-state index < -0.39 is 0 Å². The van der Waals surface area contributed by atoms with Crippen LogP contribution in [0.25, 0.3) is 0 Å². The lowest BCUT2D eigenvalue weighted by molar-refractivity contribution is 0.0299. The minimum atomic E-state index is -0.196. The van der Waals surface area contributed by atoms with Crippen LogP contribution in [0.15, 0.2) is 18.3 Å². The number of nitrogens with two attached hydrogens (primary N) is 1. The molecular weight excluding hydrogens is 242 g/mol. The van der Waals surface area contributed by atoms with Crippen molar-refractivity contribution in [2.45, 2.75) is 38.2 Å². The average Bonchev–Trinajstić information content (AvgIpc) is 2.45. The van der Waals surface area contributed by atoms with Gasteiger partial charge in [0.15, 0.2) is 0 Å². The Bertz CT molecular complexity index is 417. The third kappa shape index (κ3) is 4.21. The summed E-state index contributed by atoms with van der Waals surface area (Å²) >= 11 is 0. The number of carbonyl (C=O) groups excluding carboxylic acids is 1. The topological polar surface area (TPSA) is 77.2 Å². The maximum absolute atomic E-state index is 11.8. The van der Waals surface area contributed by atoms with E-state index in [4.69, 9.17) is 10.5 Å². The molecule has 2 rings (SSSR count). The number of nitrogens with one attached hydrogen (secondary N) is 1. The molecule has 0 spiro atoms. The van der Waals surface area contributed by atoms with Gasteiger partial charge >= 0.3 is 0 Å². The van der Waals surface area contributed by atoms with E-state index in [1.54, 1.807) is 18.3 Å². The van der Waals surface area contributed by atoms with E-state index in [2.05, 4.69) is 10.3 Å². The minimum Gasteiger partial charge on any atom is -0.383 e. The highest BCUT2D eigenvalue weighted by Crippen LogP contribution is 2.19. The van der Waals surface area contributed by atoms with Gasteiger partial charge in [-0.1, -0.05) is 19.3 Å². The Morgan fingerprint density at radius 3 is 2.95 bits per heavy atom. The van der Waals surface area contributed by atoms with Gasteiger partial charge in [0.1, 0.15) is 5.82 Å². The van der Waals surface area contributed by atoms with Crippen LogP contribution >= 0.6 is 0 Å². The largest absolute Gasteiger partial charge is 0.383 e. The predicted molar refractivity (Wildman–Crippen MR) is 73.8 cm³/mol. The molecule has 1 aromatic heterocycles. The van der Waals surface area contributed by atoms with E-state index >= 15 is 0 Å². The molecule has 0 bridgehead atoms. The maximum Gasteiger partial charge on any atom is 0.255 e. The lowest BCUT2D eigenvalue weighted by atomic mass is 9.98. The summed E-state index contributed by atoms with van der Waals surface area (Å²) < 4.78 is 5.74. The quantitative estimate of drug-likeness (QED) is 0.793. The van der Waals surface area contributed by atoms with E-state index in [1.165, 1.54) is 19.3 Å². The third-order valence-corrected chi connectivity index (χ3v) is 3.38. The first-order valence-electron chi connectivity index (χ1n) is 6.87. The standard InChI is InChI=1S/C14H21N3O2/c15-13-12(7-4-8-16-13)14(18)17-9-10-19-11-5-2-1-3-6-11/h4,7-8,11H,1-3,5-6,9-10H2,(H2,15,16)(H,17,18). The van der Waals surface area contributed by atoms with E-state index in [-0.39, 0.29) is 11.7 Å². The van der Waals surface area contributed by atoms with Crippen LogP contribution in [0.3, 0.4) is 0 Å². The van der Waals surface area contributed by atoms with Crippen LogP contribution in [-0.4, -0.2) is 30.1 Å². The van der Waals surface area contributed by atoms with Crippen molar-refractivity contribution in [2.75, 3.05) is 18.9 Å². The number of aromatic nitrogens is 1. The van der Waals surface area contributed by atoms with Crippen LogP contribution in [0, 0.1) is 0 Å². The lowest BCUT2D eigenvalue weighted by Gasteiger charge is -2.22. The molecule has 3 N–H and O–H groups in total. The molecule has 5 heteroatoms. The molecular formula is C14H21N3O2. The van der Waals surface area contributed by atoms with Crippen LogP contribution in [0.2, 0.25) is 0 Å². The summed E-state index contributed by atoms with van der Waals surface area (Å²) in [5.41, 5.74) is 6.06. The Morgan fingerprint density at radius 2 is 2.21 bits per heavy atom. The highest BCUT2D eigenvalue weighted by molar-refractivity contribution is 5.98. The van der Waals surface area contributed by atoms with Gasteiger partial charge in [0.05, 0.1) is 18.3 Å². The third-order valence-electron chi connectivity index (χ3n) is 3.38. The van der Waals surface area contributed by atoms with Crippen molar-refractivity contribution in [3.8, 4) is 0 Å². The van der Waals surface area contributed by atoms with Gasteiger partial charge in [-0.25, -0.2) is 4.98 Å². The van der Waals surface area contributed by atoms with Crippen LogP contribution in [0.5, 0.6) is 0 Å². The van der Waals surface area contributed by atoms with E-state index in [0.717, 1.165) is 12.8 Å². The lowest BCUT2D eigenvalue weighted by Crippen LogP contribution is -2.30. The van der Waals surface area contributed by atoms with Gasteiger partial charge in [0.25, 0.3) is 5.91 Å². The van der Waals surface area contributed by atoms with Gasteiger partial charge < -0.3 is 15.8 Å². The highest BCUT2D eigenvalue weighted by atomic mass is 16.5. The van der Waals surface area contributed by atoms with Crippen LogP contribution < -0.4 is 11.1 Å². The molecule has 1 aliphatic rings. The van der Waals surface area contributed by atoms with Crippen molar-refractivity contribution in [1.29, 1.82) is 0 Å². The second-order valence-electron chi connectivity index (χ2n) is 4.82. The Balaban J connectivity index is 1.68. The molecule has 1 saturated carbocycles. The second kappa shape index (κ2) is 7.09. The summed E-state index contributed by atoms with van der Waals surface area (Å²) in [5.74, 6) is 0.0612. The molecule has 1 amide bonds. The number of amides is 1. The smallest absolute Gasteiger partial charge is 0.255 e. The second-order valence-corrected chi connectivity index (χ2v) is 4.82. The van der Waals surface area contributed by atoms with Gasteiger partial charge in [-0.2, -0.15) is 0 Å². The zero-order valence-corrected chi connectivity index (χ0v) is 11.1. The number of nitrogen functional groups attached to an aromatic ring is 1. The van der Waals surface area contributed by atoms with Crippen molar-refractivity contribution in [1.82, 2.24) is 10.3 Å². The highest BCUT2D eigenvalue weighted by Gasteiger charge is 2.14. The summed E-state index contributed by atoms with van der Waals surface area (Å²) in [5, 5.41) is 2.80. The molecule has 0 aromatic carbocycles. The summed E-state index contributed by atoms with van der Waals surface area (Å²) in [6.45, 7) is 1.06. The van der Waals surface area contributed by atoms with Gasteiger partial charge in [0, 0.05) is 12.7 Å². The Kier molecular flexibility index (Phi) is 5.15. The molecule has 0 radical (unpaired) electrons. The summed E-state index contributed by atoms with van der Waals surface area (Å²) in [7, 11) is 0. The van der Waals surface area contributed by atoms with Gasteiger partial charge in [-0.3, -0.25) is 4.79 Å². The number of rotatable bonds is 5.